The van der Waals surface area contributed by atoms with Crippen LogP contribution in [0.5, 0.6) is 0 Å². The van der Waals surface area contributed by atoms with Crippen molar-refractivity contribution in [3.05, 3.63) is 11.2 Å². The minimum absolute atomic E-state index is 0.219. The minimum atomic E-state index is 0.219. The van der Waals surface area contributed by atoms with Gasteiger partial charge in [0.05, 0.1) is 19.4 Å². The molecule has 1 atom stereocenters. The first-order valence-corrected chi connectivity index (χ1v) is 6.62. The molecular formula is C11H19ClN6O. The molecule has 0 saturated carbocycles. The maximum Gasteiger partial charge on any atom is 0.239 e. The van der Waals surface area contributed by atoms with Gasteiger partial charge >= 0.3 is 0 Å². The summed E-state index contributed by atoms with van der Waals surface area (Å²) in [6.07, 6.45) is 1.52. The van der Waals surface area contributed by atoms with Crippen LogP contribution in [0.1, 0.15) is 6.92 Å². The van der Waals surface area contributed by atoms with E-state index in [2.05, 4.69) is 32.5 Å². The van der Waals surface area contributed by atoms with Crippen LogP contribution in [0.2, 0.25) is 5.02 Å². The van der Waals surface area contributed by atoms with E-state index in [4.69, 9.17) is 22.2 Å². The molecule has 1 aromatic heterocycles. The number of nitrogen functional groups attached to an aromatic ring is 1. The third-order valence-corrected chi connectivity index (χ3v) is 3.17. The summed E-state index contributed by atoms with van der Waals surface area (Å²) in [5.41, 5.74) is 2.40. The molecule has 106 valence electrons. The van der Waals surface area contributed by atoms with E-state index in [0.29, 0.717) is 16.8 Å². The summed E-state index contributed by atoms with van der Waals surface area (Å²) >= 11 is 6.05. The molecule has 1 unspecified atom stereocenters. The Bertz CT molecular complexity index is 412. The van der Waals surface area contributed by atoms with Gasteiger partial charge in [0.15, 0.2) is 5.82 Å². The van der Waals surface area contributed by atoms with E-state index in [9.17, 15) is 0 Å². The Morgan fingerprint density at radius 3 is 2.95 bits per heavy atom. The number of halogens is 1. The number of rotatable bonds is 5. The number of nitrogens with two attached hydrogens (primary N) is 1. The van der Waals surface area contributed by atoms with Gasteiger partial charge < -0.3 is 10.1 Å². The first kappa shape index (κ1) is 14.3. The van der Waals surface area contributed by atoms with E-state index in [1.165, 1.54) is 6.20 Å². The molecule has 1 aliphatic rings. The lowest BCUT2D eigenvalue weighted by molar-refractivity contribution is 0.0368. The van der Waals surface area contributed by atoms with Gasteiger partial charge in [0.25, 0.3) is 0 Å². The fourth-order valence-corrected chi connectivity index (χ4v) is 2.13. The van der Waals surface area contributed by atoms with Crippen molar-refractivity contribution >= 4 is 23.4 Å². The standard InChI is InChI=1S/C11H19ClN6O/c1-8(7-18-2-4-19-5-3-18)15-10-9(12)6-14-11(16-10)17-13/h6,8H,2-5,7,13H2,1H3,(H2,14,15,16,17). The Morgan fingerprint density at radius 2 is 2.26 bits per heavy atom. The van der Waals surface area contributed by atoms with Crippen LogP contribution in [0, 0.1) is 0 Å². The Hall–Kier alpha value is -1.15. The van der Waals surface area contributed by atoms with Crippen LogP contribution in [-0.2, 0) is 4.74 Å². The van der Waals surface area contributed by atoms with Crippen LogP contribution < -0.4 is 16.6 Å². The summed E-state index contributed by atoms with van der Waals surface area (Å²) in [4.78, 5) is 10.5. The van der Waals surface area contributed by atoms with Gasteiger partial charge in [0.1, 0.15) is 5.02 Å². The Labute approximate surface area is 117 Å². The summed E-state index contributed by atoms with van der Waals surface area (Å²) < 4.78 is 5.32. The highest BCUT2D eigenvalue weighted by molar-refractivity contribution is 6.32. The molecule has 0 aliphatic carbocycles. The predicted octanol–water partition coefficient (Wildman–Crippen LogP) is 0.548. The molecule has 8 heteroatoms. The molecule has 0 spiro atoms. The van der Waals surface area contributed by atoms with Crippen molar-refractivity contribution in [2.75, 3.05) is 43.6 Å². The highest BCUT2D eigenvalue weighted by atomic mass is 35.5. The summed E-state index contributed by atoms with van der Waals surface area (Å²) in [6.45, 7) is 6.50. The monoisotopic (exact) mass is 286 g/mol. The Kier molecular flexibility index (Phi) is 5.15. The molecule has 19 heavy (non-hydrogen) atoms. The van der Waals surface area contributed by atoms with Crippen LogP contribution in [0.15, 0.2) is 6.20 Å². The van der Waals surface area contributed by atoms with Gasteiger partial charge in [-0.3, -0.25) is 10.3 Å². The number of aromatic nitrogens is 2. The molecule has 0 amide bonds. The van der Waals surface area contributed by atoms with Crippen molar-refractivity contribution in [1.29, 1.82) is 0 Å². The molecule has 2 heterocycles. The number of hydrogen-bond donors (Lipinski definition) is 3. The number of nitrogens with zero attached hydrogens (tertiary/aromatic N) is 3. The van der Waals surface area contributed by atoms with Crippen molar-refractivity contribution < 1.29 is 4.74 Å². The average Bonchev–Trinajstić information content (AvgIpc) is 2.42. The molecule has 0 radical (unpaired) electrons. The van der Waals surface area contributed by atoms with E-state index in [1.807, 2.05) is 0 Å². The lowest BCUT2D eigenvalue weighted by Gasteiger charge is -2.29. The zero-order chi connectivity index (χ0) is 13.7. The summed E-state index contributed by atoms with van der Waals surface area (Å²) in [6, 6.07) is 0.219. The van der Waals surface area contributed by atoms with Gasteiger partial charge in [0, 0.05) is 25.7 Å². The van der Waals surface area contributed by atoms with Crippen molar-refractivity contribution in [2.24, 2.45) is 5.84 Å². The molecular weight excluding hydrogens is 268 g/mol. The quantitative estimate of drug-likeness (QED) is 0.538. The van der Waals surface area contributed by atoms with Crippen LogP contribution in [0.25, 0.3) is 0 Å². The molecule has 7 nitrogen and oxygen atoms in total. The summed E-state index contributed by atoms with van der Waals surface area (Å²) in [7, 11) is 0. The molecule has 0 bridgehead atoms. The molecule has 4 N–H and O–H groups in total. The van der Waals surface area contributed by atoms with Gasteiger partial charge in [-0.15, -0.1) is 0 Å². The summed E-state index contributed by atoms with van der Waals surface area (Å²) in [5, 5.41) is 3.75. The van der Waals surface area contributed by atoms with Crippen LogP contribution in [0.3, 0.4) is 0 Å². The normalized spacial score (nSPS) is 18.1. The zero-order valence-electron chi connectivity index (χ0n) is 10.9. The number of nitrogens with one attached hydrogen (secondary N) is 2. The van der Waals surface area contributed by atoms with Crippen LogP contribution >= 0.6 is 11.6 Å². The zero-order valence-corrected chi connectivity index (χ0v) is 11.7. The smallest absolute Gasteiger partial charge is 0.239 e. The second-order valence-electron chi connectivity index (χ2n) is 4.49. The number of hydrazine groups is 1. The molecule has 0 aromatic carbocycles. The fraction of sp³-hybridized carbons (Fsp3) is 0.636. The van der Waals surface area contributed by atoms with Crippen molar-refractivity contribution in [1.82, 2.24) is 14.9 Å². The summed E-state index contributed by atoms with van der Waals surface area (Å²) in [5.74, 6) is 6.21. The van der Waals surface area contributed by atoms with Gasteiger partial charge in [-0.05, 0) is 6.92 Å². The second-order valence-corrected chi connectivity index (χ2v) is 4.90. The van der Waals surface area contributed by atoms with E-state index in [-0.39, 0.29) is 6.04 Å². The molecule has 1 aliphatic heterocycles. The van der Waals surface area contributed by atoms with E-state index in [0.717, 1.165) is 32.8 Å². The van der Waals surface area contributed by atoms with Gasteiger partial charge in [-0.25, -0.2) is 10.8 Å². The highest BCUT2D eigenvalue weighted by Gasteiger charge is 2.15. The largest absolute Gasteiger partial charge is 0.379 e. The van der Waals surface area contributed by atoms with Gasteiger partial charge in [0.2, 0.25) is 5.95 Å². The van der Waals surface area contributed by atoms with Crippen molar-refractivity contribution in [2.45, 2.75) is 13.0 Å². The van der Waals surface area contributed by atoms with Crippen molar-refractivity contribution in [3.8, 4) is 0 Å². The Balaban J connectivity index is 1.92. The fourth-order valence-electron chi connectivity index (χ4n) is 1.99. The first-order valence-electron chi connectivity index (χ1n) is 6.25. The lowest BCUT2D eigenvalue weighted by atomic mass is 10.3. The first-order chi connectivity index (χ1) is 9.19. The number of anilines is 2. The van der Waals surface area contributed by atoms with Crippen LogP contribution in [0.4, 0.5) is 11.8 Å². The molecule has 2 rings (SSSR count). The van der Waals surface area contributed by atoms with Gasteiger partial charge in [-0.2, -0.15) is 4.98 Å². The maximum absolute atomic E-state index is 6.05. The van der Waals surface area contributed by atoms with Crippen molar-refractivity contribution in [3.63, 3.8) is 0 Å². The number of morpholine rings is 1. The predicted molar refractivity (Wildman–Crippen MR) is 75.2 cm³/mol. The molecule has 1 saturated heterocycles. The minimum Gasteiger partial charge on any atom is -0.379 e. The third kappa shape index (κ3) is 4.17. The lowest BCUT2D eigenvalue weighted by Crippen LogP contribution is -2.42. The van der Waals surface area contributed by atoms with E-state index >= 15 is 0 Å². The van der Waals surface area contributed by atoms with E-state index < -0.39 is 0 Å². The maximum atomic E-state index is 6.05. The topological polar surface area (TPSA) is 88.3 Å². The highest BCUT2D eigenvalue weighted by Crippen LogP contribution is 2.20. The molecule has 1 fully saturated rings. The number of ether oxygens (including phenoxy) is 1. The number of hydrogen-bond acceptors (Lipinski definition) is 7. The Morgan fingerprint density at radius 1 is 1.53 bits per heavy atom. The second kappa shape index (κ2) is 6.85. The molecule has 1 aromatic rings. The van der Waals surface area contributed by atoms with Gasteiger partial charge in [-0.1, -0.05) is 11.6 Å². The average molecular weight is 287 g/mol. The van der Waals surface area contributed by atoms with Crippen LogP contribution in [-0.4, -0.2) is 53.8 Å². The third-order valence-electron chi connectivity index (χ3n) is 2.89. The SMILES string of the molecule is CC(CN1CCOCC1)Nc1nc(NN)ncc1Cl. The van der Waals surface area contributed by atoms with E-state index in [1.54, 1.807) is 0 Å².